The molecule has 1 aromatic carbocycles. The molecule has 0 aliphatic carbocycles. The van der Waals surface area contributed by atoms with E-state index in [0.29, 0.717) is 28.6 Å². The maximum Gasteiger partial charge on any atom is 0.216 e. The first-order valence-electron chi connectivity index (χ1n) is 8.74. The summed E-state index contributed by atoms with van der Waals surface area (Å²) in [6.45, 7) is 4.77. The summed E-state index contributed by atoms with van der Waals surface area (Å²) in [5.41, 5.74) is 0.812. The van der Waals surface area contributed by atoms with Crippen LogP contribution in [0.1, 0.15) is 44.5 Å². The van der Waals surface area contributed by atoms with Crippen LogP contribution in [0.4, 0.5) is 0 Å². The third kappa shape index (κ3) is 4.85. The molecule has 0 radical (unpaired) electrons. The third-order valence-electron chi connectivity index (χ3n) is 3.73. The number of methoxy groups -OCH3 is 2. The van der Waals surface area contributed by atoms with Crippen molar-refractivity contribution in [2.75, 3.05) is 20.8 Å². The molecule has 26 heavy (non-hydrogen) atoms. The lowest BCUT2D eigenvalue weighted by molar-refractivity contribution is 0.275. The second kappa shape index (κ2) is 9.96. The van der Waals surface area contributed by atoms with E-state index in [1.165, 1.54) is 0 Å². The minimum atomic E-state index is 0.467. The first kappa shape index (κ1) is 20.0. The van der Waals surface area contributed by atoms with Crippen LogP contribution in [0.25, 0.3) is 0 Å². The van der Waals surface area contributed by atoms with Gasteiger partial charge in [0.25, 0.3) is 0 Å². The number of unbranched alkanes of at least 4 members (excludes halogenated alkanes) is 1. The zero-order chi connectivity index (χ0) is 18.9. The summed E-state index contributed by atoms with van der Waals surface area (Å²) in [4.78, 5) is 0. The number of rotatable bonds is 10. The Labute approximate surface area is 159 Å². The molecule has 0 aliphatic rings. The highest BCUT2D eigenvalue weighted by Gasteiger charge is 2.13. The fraction of sp³-hybridized carbons (Fsp3) is 0.500. The van der Waals surface area contributed by atoms with Crippen molar-refractivity contribution in [3.63, 3.8) is 0 Å². The van der Waals surface area contributed by atoms with Crippen molar-refractivity contribution in [2.45, 2.75) is 39.5 Å². The van der Waals surface area contributed by atoms with E-state index in [9.17, 15) is 0 Å². The first-order chi connectivity index (χ1) is 12.6. The number of nitrogens with zero attached hydrogens (tertiary/aromatic N) is 3. The van der Waals surface area contributed by atoms with Crippen LogP contribution in [-0.2, 0) is 6.42 Å². The normalized spacial score (nSPS) is 11.1. The number of ether oxygens (including phenoxy) is 3. The van der Waals surface area contributed by atoms with E-state index in [-0.39, 0.29) is 0 Å². The number of hydrogen-bond donors (Lipinski definition) is 1. The molecule has 2 rings (SSSR count). The van der Waals surface area contributed by atoms with Gasteiger partial charge in [0.1, 0.15) is 0 Å². The van der Waals surface area contributed by atoms with Crippen LogP contribution in [-0.4, -0.2) is 41.9 Å². The molecular formula is C18H26N4O3S. The molecule has 0 spiro atoms. The van der Waals surface area contributed by atoms with Crippen molar-refractivity contribution in [3.8, 4) is 17.2 Å². The average Bonchev–Trinajstić information content (AvgIpc) is 3.02. The molecule has 0 aliphatic heterocycles. The van der Waals surface area contributed by atoms with E-state index < -0.39 is 0 Å². The van der Waals surface area contributed by atoms with Gasteiger partial charge in [-0.1, -0.05) is 20.3 Å². The molecule has 0 atom stereocenters. The highest BCUT2D eigenvalue weighted by molar-refractivity contribution is 7.71. The minimum Gasteiger partial charge on any atom is -0.493 e. The number of aromatic amines is 1. The van der Waals surface area contributed by atoms with Gasteiger partial charge in [-0.25, -0.2) is 0 Å². The molecular weight excluding hydrogens is 352 g/mol. The summed E-state index contributed by atoms with van der Waals surface area (Å²) >= 11 is 5.27. The number of nitrogens with one attached hydrogen (secondary N) is 1. The largest absolute Gasteiger partial charge is 0.493 e. The fourth-order valence-electron chi connectivity index (χ4n) is 2.39. The Bertz CT molecular complexity index is 773. The van der Waals surface area contributed by atoms with Gasteiger partial charge >= 0.3 is 0 Å². The maximum atomic E-state index is 5.76. The molecule has 0 fully saturated rings. The van der Waals surface area contributed by atoms with Crippen molar-refractivity contribution in [2.24, 2.45) is 5.10 Å². The molecule has 2 aromatic rings. The van der Waals surface area contributed by atoms with E-state index in [1.807, 2.05) is 19.1 Å². The summed E-state index contributed by atoms with van der Waals surface area (Å²) < 4.78 is 18.8. The van der Waals surface area contributed by atoms with E-state index in [2.05, 4.69) is 22.2 Å². The van der Waals surface area contributed by atoms with Crippen LogP contribution < -0.4 is 14.2 Å². The molecule has 0 unspecified atom stereocenters. The highest BCUT2D eigenvalue weighted by atomic mass is 32.1. The Kier molecular flexibility index (Phi) is 7.65. The monoisotopic (exact) mass is 378 g/mol. The Morgan fingerprint density at radius 3 is 2.46 bits per heavy atom. The predicted molar refractivity (Wildman–Crippen MR) is 104 cm³/mol. The van der Waals surface area contributed by atoms with Crippen LogP contribution in [0.2, 0.25) is 0 Å². The van der Waals surface area contributed by atoms with Crippen LogP contribution in [0.5, 0.6) is 17.2 Å². The standard InChI is InChI=1S/C18H26N4O3S/c1-5-7-8-16-20-21-18(26)22(16)19-12-13-10-14(23-3)17(25-9-6-2)15(11-13)24-4/h10-12H,5-9H2,1-4H3,(H,21,26)/b19-12-. The zero-order valence-electron chi connectivity index (χ0n) is 15.7. The number of hydrogen-bond acceptors (Lipinski definition) is 6. The van der Waals surface area contributed by atoms with Crippen LogP contribution >= 0.6 is 12.2 Å². The average molecular weight is 378 g/mol. The van der Waals surface area contributed by atoms with Gasteiger partial charge < -0.3 is 14.2 Å². The fourth-order valence-corrected chi connectivity index (χ4v) is 2.58. The molecule has 0 saturated heterocycles. The van der Waals surface area contributed by atoms with Crippen molar-refractivity contribution in [1.82, 2.24) is 14.9 Å². The van der Waals surface area contributed by atoms with Gasteiger partial charge in [0.2, 0.25) is 10.5 Å². The topological polar surface area (TPSA) is 73.7 Å². The first-order valence-corrected chi connectivity index (χ1v) is 9.14. The summed E-state index contributed by atoms with van der Waals surface area (Å²) in [6.07, 6.45) is 5.53. The Morgan fingerprint density at radius 2 is 1.88 bits per heavy atom. The van der Waals surface area contributed by atoms with Crippen LogP contribution in [0.15, 0.2) is 17.2 Å². The van der Waals surface area contributed by atoms with Crippen molar-refractivity contribution in [3.05, 3.63) is 28.3 Å². The summed E-state index contributed by atoms with van der Waals surface area (Å²) in [7, 11) is 3.20. The Morgan fingerprint density at radius 1 is 1.19 bits per heavy atom. The lowest BCUT2D eigenvalue weighted by Gasteiger charge is -2.14. The third-order valence-corrected chi connectivity index (χ3v) is 3.99. The van der Waals surface area contributed by atoms with Gasteiger partial charge in [-0.15, -0.1) is 0 Å². The summed E-state index contributed by atoms with van der Waals surface area (Å²) in [5.74, 6) is 2.61. The predicted octanol–water partition coefficient (Wildman–Crippen LogP) is 3.97. The number of aromatic nitrogens is 3. The van der Waals surface area contributed by atoms with Crippen molar-refractivity contribution < 1.29 is 14.2 Å². The summed E-state index contributed by atoms with van der Waals surface area (Å²) in [5, 5.41) is 11.5. The molecule has 1 N–H and O–H groups in total. The molecule has 142 valence electrons. The molecule has 0 saturated carbocycles. The Balaban J connectivity index is 2.33. The molecule has 8 heteroatoms. The van der Waals surface area contributed by atoms with E-state index in [1.54, 1.807) is 25.1 Å². The minimum absolute atomic E-state index is 0.467. The number of H-pyrrole nitrogens is 1. The lowest BCUT2D eigenvalue weighted by atomic mass is 10.2. The number of benzene rings is 1. The van der Waals surface area contributed by atoms with Gasteiger partial charge in [0, 0.05) is 12.0 Å². The summed E-state index contributed by atoms with van der Waals surface area (Å²) in [6, 6.07) is 3.71. The number of aryl methyl sites for hydroxylation is 1. The van der Waals surface area contributed by atoms with Gasteiger partial charge in [0.15, 0.2) is 17.3 Å². The van der Waals surface area contributed by atoms with E-state index in [4.69, 9.17) is 26.4 Å². The van der Waals surface area contributed by atoms with Gasteiger partial charge in [0.05, 0.1) is 27.0 Å². The zero-order valence-corrected chi connectivity index (χ0v) is 16.6. The van der Waals surface area contributed by atoms with Gasteiger partial charge in [-0.05, 0) is 37.2 Å². The van der Waals surface area contributed by atoms with Gasteiger partial charge in [-0.3, -0.25) is 5.10 Å². The van der Waals surface area contributed by atoms with Crippen molar-refractivity contribution >= 4 is 18.4 Å². The molecule has 1 heterocycles. The second-order valence-corrected chi connectivity index (χ2v) is 6.09. The SMILES string of the molecule is CCCCc1n[nH]c(=S)n1/N=C\c1cc(OC)c(OCCC)c(OC)c1. The van der Waals surface area contributed by atoms with Crippen LogP contribution in [0, 0.1) is 4.77 Å². The quantitative estimate of drug-likeness (QED) is 0.500. The van der Waals surface area contributed by atoms with E-state index >= 15 is 0 Å². The maximum absolute atomic E-state index is 5.76. The molecule has 7 nitrogen and oxygen atoms in total. The smallest absolute Gasteiger partial charge is 0.216 e. The van der Waals surface area contributed by atoms with E-state index in [0.717, 1.165) is 37.1 Å². The highest BCUT2D eigenvalue weighted by Crippen LogP contribution is 2.38. The molecule has 0 bridgehead atoms. The van der Waals surface area contributed by atoms with Crippen molar-refractivity contribution in [1.29, 1.82) is 0 Å². The van der Waals surface area contributed by atoms with Crippen LogP contribution in [0.3, 0.4) is 0 Å². The molecule has 1 aromatic heterocycles. The second-order valence-electron chi connectivity index (χ2n) is 5.71. The molecule has 0 amide bonds. The Hall–Kier alpha value is -2.35. The van der Waals surface area contributed by atoms with Gasteiger partial charge in [-0.2, -0.15) is 14.9 Å². The lowest BCUT2D eigenvalue weighted by Crippen LogP contribution is -2.02.